The quantitative estimate of drug-likeness (QED) is 0.214. The second kappa shape index (κ2) is 10.0. The van der Waals surface area contributed by atoms with Gasteiger partial charge in [-0.3, -0.25) is 9.69 Å². The number of fused-ring (bicyclic) bond motifs is 1. The molecule has 3 aromatic carbocycles. The Morgan fingerprint density at radius 2 is 1.83 bits per heavy atom. The summed E-state index contributed by atoms with van der Waals surface area (Å²) in [4.78, 5) is 36.1. The molecule has 1 fully saturated rings. The van der Waals surface area contributed by atoms with Crippen molar-refractivity contribution < 1.29 is 19.4 Å². The Bertz CT molecular complexity index is 1360. The van der Waals surface area contributed by atoms with E-state index >= 15 is 0 Å². The van der Waals surface area contributed by atoms with Crippen LogP contribution in [0.5, 0.6) is 5.75 Å². The predicted molar refractivity (Wildman–Crippen MR) is 139 cm³/mol. The number of nitrogens with zero attached hydrogens (tertiary/aromatic N) is 2. The first kappa shape index (κ1) is 23.3. The van der Waals surface area contributed by atoms with Crippen LogP contribution in [0.1, 0.15) is 29.0 Å². The van der Waals surface area contributed by atoms with Crippen LogP contribution in [0.2, 0.25) is 0 Å². The number of benzene rings is 3. The van der Waals surface area contributed by atoms with E-state index in [1.54, 1.807) is 24.3 Å². The second-order valence-corrected chi connectivity index (χ2v) is 9.47. The van der Waals surface area contributed by atoms with Crippen molar-refractivity contribution in [3.8, 4) is 5.75 Å². The largest absolute Gasteiger partial charge is 0.491 e. The number of nitrogens with one attached hydrogen (secondary N) is 2. The van der Waals surface area contributed by atoms with Gasteiger partial charge in [0.1, 0.15) is 30.3 Å². The lowest BCUT2D eigenvalue weighted by Gasteiger charge is -2.24. The molecule has 9 heteroatoms. The number of carbonyl (C=O) groups is 2. The molecule has 5 rings (SSSR count). The summed E-state index contributed by atoms with van der Waals surface area (Å²) in [5.74, 6) is 0.799. The van der Waals surface area contributed by atoms with Crippen molar-refractivity contribution in [3.63, 3.8) is 0 Å². The average molecular weight is 582 g/mol. The molecular weight excluding hydrogens is 559 g/mol. The highest BCUT2D eigenvalue weighted by atomic mass is 127. The van der Waals surface area contributed by atoms with Crippen LogP contribution < -0.4 is 10.1 Å². The normalized spacial score (nSPS) is 16.5. The van der Waals surface area contributed by atoms with Gasteiger partial charge in [-0.05, 0) is 64.0 Å². The molecule has 35 heavy (non-hydrogen) atoms. The number of urea groups is 1. The van der Waals surface area contributed by atoms with Crippen LogP contribution in [0.15, 0.2) is 72.8 Å². The number of H-pyrrole nitrogens is 1. The van der Waals surface area contributed by atoms with E-state index in [2.05, 4.69) is 32.9 Å². The standard InChI is InChI=1S/C26H23IN4O4/c27-18-8-11-20-21(15-18)29-24(28-20)22(14-16-4-2-1-3-5-16)31-25(33)23(30-26(31)34)17-6-9-19(10-7-17)35-13-12-32/h1-11,15,22-23,32H,12-14H2,(H,28,29)(H,30,34)/t22-,23+/m1/s1. The van der Waals surface area contributed by atoms with Crippen molar-refractivity contribution in [2.75, 3.05) is 13.2 Å². The van der Waals surface area contributed by atoms with Gasteiger partial charge < -0.3 is 20.1 Å². The number of ether oxygens (including phenoxy) is 1. The zero-order chi connectivity index (χ0) is 24.4. The maximum absolute atomic E-state index is 13.6. The first-order chi connectivity index (χ1) is 17.0. The average Bonchev–Trinajstić information content (AvgIpc) is 3.42. The van der Waals surface area contributed by atoms with Crippen molar-refractivity contribution in [3.05, 3.63) is 93.3 Å². The summed E-state index contributed by atoms with van der Waals surface area (Å²) in [5, 5.41) is 11.8. The van der Waals surface area contributed by atoms with Crippen molar-refractivity contribution in [2.24, 2.45) is 0 Å². The number of rotatable bonds is 8. The Labute approximate surface area is 215 Å². The number of imidazole rings is 1. The van der Waals surface area contributed by atoms with Crippen LogP contribution in [-0.4, -0.2) is 45.1 Å². The zero-order valence-corrected chi connectivity index (χ0v) is 20.8. The highest BCUT2D eigenvalue weighted by Crippen LogP contribution is 2.33. The summed E-state index contributed by atoms with van der Waals surface area (Å²) in [6.07, 6.45) is 0.428. The molecule has 1 aliphatic rings. The number of amides is 3. The molecule has 3 amide bonds. The van der Waals surface area contributed by atoms with E-state index in [1.165, 1.54) is 4.90 Å². The second-order valence-electron chi connectivity index (χ2n) is 8.22. The minimum absolute atomic E-state index is 0.0857. The number of hydrogen-bond donors (Lipinski definition) is 3. The minimum Gasteiger partial charge on any atom is -0.491 e. The van der Waals surface area contributed by atoms with Crippen LogP contribution in [0, 0.1) is 3.57 Å². The van der Waals surface area contributed by atoms with Crippen LogP contribution in [0.4, 0.5) is 4.79 Å². The number of aliphatic hydroxyl groups excluding tert-OH is 1. The molecule has 178 valence electrons. The van der Waals surface area contributed by atoms with E-state index in [4.69, 9.17) is 14.8 Å². The summed E-state index contributed by atoms with van der Waals surface area (Å²) in [6.45, 7) is 0.0988. The van der Waals surface area contributed by atoms with Crippen molar-refractivity contribution >= 4 is 45.6 Å². The van der Waals surface area contributed by atoms with E-state index in [0.29, 0.717) is 23.6 Å². The van der Waals surface area contributed by atoms with Gasteiger partial charge in [0.15, 0.2) is 0 Å². The molecule has 0 bridgehead atoms. The van der Waals surface area contributed by atoms with Gasteiger partial charge in [0, 0.05) is 9.99 Å². The first-order valence-electron chi connectivity index (χ1n) is 11.2. The maximum atomic E-state index is 13.6. The molecule has 1 aromatic heterocycles. The maximum Gasteiger partial charge on any atom is 0.325 e. The van der Waals surface area contributed by atoms with Crippen molar-refractivity contribution in [1.82, 2.24) is 20.2 Å². The Morgan fingerprint density at radius 1 is 1.06 bits per heavy atom. The number of aromatic amines is 1. The smallest absolute Gasteiger partial charge is 0.325 e. The van der Waals surface area contributed by atoms with Crippen molar-refractivity contribution in [1.29, 1.82) is 0 Å². The highest BCUT2D eigenvalue weighted by molar-refractivity contribution is 14.1. The third kappa shape index (κ3) is 4.87. The van der Waals surface area contributed by atoms with E-state index in [1.807, 2.05) is 48.5 Å². The molecule has 0 spiro atoms. The molecule has 1 saturated heterocycles. The fourth-order valence-electron chi connectivity index (χ4n) is 4.24. The van der Waals surface area contributed by atoms with Gasteiger partial charge in [-0.25, -0.2) is 9.78 Å². The molecule has 0 aliphatic carbocycles. The van der Waals surface area contributed by atoms with Gasteiger partial charge in [0.25, 0.3) is 5.91 Å². The number of imide groups is 1. The fraction of sp³-hybridized carbons (Fsp3) is 0.192. The van der Waals surface area contributed by atoms with Gasteiger partial charge in [0.2, 0.25) is 0 Å². The molecule has 3 N–H and O–H groups in total. The monoisotopic (exact) mass is 582 g/mol. The molecular formula is C26H23IN4O4. The topological polar surface area (TPSA) is 108 Å². The van der Waals surface area contributed by atoms with E-state index in [-0.39, 0.29) is 19.1 Å². The third-order valence-corrected chi connectivity index (χ3v) is 6.58. The summed E-state index contributed by atoms with van der Waals surface area (Å²) >= 11 is 2.24. The zero-order valence-electron chi connectivity index (χ0n) is 18.6. The lowest BCUT2D eigenvalue weighted by atomic mass is 10.0. The Balaban J connectivity index is 1.48. The first-order valence-corrected chi connectivity index (χ1v) is 12.3. The summed E-state index contributed by atoms with van der Waals surface area (Å²) < 4.78 is 6.46. The molecule has 1 aliphatic heterocycles. The highest BCUT2D eigenvalue weighted by Gasteiger charge is 2.44. The third-order valence-electron chi connectivity index (χ3n) is 5.91. The van der Waals surface area contributed by atoms with E-state index in [9.17, 15) is 9.59 Å². The van der Waals surface area contributed by atoms with Gasteiger partial charge in [-0.2, -0.15) is 0 Å². The fourth-order valence-corrected chi connectivity index (χ4v) is 4.73. The number of halogens is 1. The molecule has 4 aromatic rings. The van der Waals surface area contributed by atoms with Crippen LogP contribution in [0.25, 0.3) is 11.0 Å². The van der Waals surface area contributed by atoms with E-state index < -0.39 is 18.1 Å². The molecule has 2 heterocycles. The van der Waals surface area contributed by atoms with Crippen LogP contribution in [0.3, 0.4) is 0 Å². The predicted octanol–water partition coefficient (Wildman–Crippen LogP) is 4.12. The summed E-state index contributed by atoms with van der Waals surface area (Å²) in [5.41, 5.74) is 3.27. The van der Waals surface area contributed by atoms with Gasteiger partial charge in [-0.1, -0.05) is 42.5 Å². The molecule has 0 unspecified atom stereocenters. The van der Waals surface area contributed by atoms with Crippen LogP contribution >= 0.6 is 22.6 Å². The number of aromatic nitrogens is 2. The van der Waals surface area contributed by atoms with E-state index in [0.717, 1.165) is 20.2 Å². The lowest BCUT2D eigenvalue weighted by Crippen LogP contribution is -2.36. The Kier molecular flexibility index (Phi) is 6.69. The molecule has 8 nitrogen and oxygen atoms in total. The summed E-state index contributed by atoms with van der Waals surface area (Å²) in [6, 6.07) is 20.7. The van der Waals surface area contributed by atoms with Crippen LogP contribution in [-0.2, 0) is 11.2 Å². The van der Waals surface area contributed by atoms with Gasteiger partial charge in [-0.15, -0.1) is 0 Å². The number of carbonyl (C=O) groups excluding carboxylic acids is 2. The number of hydrogen-bond acceptors (Lipinski definition) is 5. The Hall–Kier alpha value is -3.44. The Morgan fingerprint density at radius 3 is 2.57 bits per heavy atom. The van der Waals surface area contributed by atoms with Gasteiger partial charge in [0.05, 0.1) is 17.6 Å². The SMILES string of the molecule is O=C1N[C@@H](c2ccc(OCCO)cc2)C(=O)N1[C@H](Cc1ccccc1)c1nc2ccc(I)cc2[nH]1. The summed E-state index contributed by atoms with van der Waals surface area (Å²) in [7, 11) is 0. The van der Waals surface area contributed by atoms with Crippen molar-refractivity contribution in [2.45, 2.75) is 18.5 Å². The minimum atomic E-state index is -0.807. The lowest BCUT2D eigenvalue weighted by molar-refractivity contribution is -0.129. The molecule has 0 radical (unpaired) electrons. The molecule has 0 saturated carbocycles. The number of aliphatic hydroxyl groups is 1. The molecule has 2 atom stereocenters. The van der Waals surface area contributed by atoms with Gasteiger partial charge >= 0.3 is 6.03 Å².